The van der Waals surface area contributed by atoms with E-state index in [4.69, 9.17) is 0 Å². The Morgan fingerprint density at radius 1 is 0.367 bits per heavy atom. The van der Waals surface area contributed by atoms with Crippen molar-refractivity contribution in [3.8, 4) is 16.8 Å². The summed E-state index contributed by atoms with van der Waals surface area (Å²) in [6.07, 6.45) is 0. The summed E-state index contributed by atoms with van der Waals surface area (Å²) in [6.45, 7) is 0. The van der Waals surface area contributed by atoms with Gasteiger partial charge in [-0.15, -0.1) is 11.3 Å². The first-order valence-electron chi connectivity index (χ1n) is 16.7. The van der Waals surface area contributed by atoms with Crippen LogP contribution < -0.4 is 4.90 Å². The zero-order chi connectivity index (χ0) is 32.3. The Morgan fingerprint density at radius 2 is 1.02 bits per heavy atom. The van der Waals surface area contributed by atoms with Crippen molar-refractivity contribution in [1.29, 1.82) is 0 Å². The van der Waals surface area contributed by atoms with Crippen molar-refractivity contribution in [2.45, 2.75) is 0 Å². The third-order valence-corrected chi connectivity index (χ3v) is 10.9. The van der Waals surface area contributed by atoms with Crippen molar-refractivity contribution < 1.29 is 0 Å². The number of hydrogen-bond acceptors (Lipinski definition) is 2. The number of hydrogen-bond donors (Lipinski definition) is 0. The molecular weight excluding hydrogens is 613 g/mol. The van der Waals surface area contributed by atoms with Gasteiger partial charge in [0.2, 0.25) is 0 Å². The van der Waals surface area contributed by atoms with Crippen LogP contribution in [-0.2, 0) is 0 Å². The van der Waals surface area contributed by atoms with Gasteiger partial charge in [-0.2, -0.15) is 0 Å². The highest BCUT2D eigenvalue weighted by atomic mass is 32.1. The fourth-order valence-electron chi connectivity index (χ4n) is 7.52. The maximum absolute atomic E-state index is 2.43. The first-order valence-corrected chi connectivity index (χ1v) is 17.5. The van der Waals surface area contributed by atoms with Crippen molar-refractivity contribution in [3.63, 3.8) is 0 Å². The average molecular weight is 643 g/mol. The SMILES string of the molecule is c1ccc(N(c2cccc(-c3ccc4c(c3)c3ccccc3n4-c3cccc4ccccc34)c2)c2ccc3sc4ccccc4c3c2)cc1. The Labute approximate surface area is 288 Å². The average Bonchev–Trinajstić information content (AvgIpc) is 3.70. The molecule has 230 valence electrons. The first kappa shape index (κ1) is 27.9. The molecular formula is C46H30N2S. The van der Waals surface area contributed by atoms with Gasteiger partial charge in [0.05, 0.1) is 16.7 Å². The van der Waals surface area contributed by atoms with Crippen molar-refractivity contribution in [2.75, 3.05) is 4.90 Å². The van der Waals surface area contributed by atoms with Gasteiger partial charge in [0, 0.05) is 53.4 Å². The monoisotopic (exact) mass is 642 g/mol. The standard InChI is InChI=1S/C46H30N2S/c1-2-15-34(16-3-1)47(36-25-27-46-41(30-36)39-20-7-9-23-45(39)49-46)35-17-10-14-32(28-35)33-24-26-44-40(29-33)38-19-6-8-21-43(38)48(44)42-22-11-13-31-12-4-5-18-37(31)42/h1-30H. The lowest BCUT2D eigenvalue weighted by Gasteiger charge is -2.26. The van der Waals surface area contributed by atoms with E-state index in [1.807, 2.05) is 11.3 Å². The lowest BCUT2D eigenvalue weighted by Crippen LogP contribution is -2.09. The number of fused-ring (bicyclic) bond motifs is 7. The van der Waals surface area contributed by atoms with E-state index in [2.05, 4.69) is 191 Å². The highest BCUT2D eigenvalue weighted by Crippen LogP contribution is 2.42. The van der Waals surface area contributed by atoms with Gasteiger partial charge in [0.1, 0.15) is 0 Å². The van der Waals surface area contributed by atoms with Crippen LogP contribution in [0.15, 0.2) is 182 Å². The van der Waals surface area contributed by atoms with E-state index < -0.39 is 0 Å². The number of nitrogens with zero attached hydrogens (tertiary/aromatic N) is 2. The van der Waals surface area contributed by atoms with E-state index in [1.165, 1.54) is 69.6 Å². The van der Waals surface area contributed by atoms with Crippen LogP contribution in [-0.4, -0.2) is 4.57 Å². The maximum atomic E-state index is 2.43. The fraction of sp³-hybridized carbons (Fsp3) is 0. The Balaban J connectivity index is 1.13. The number of benzene rings is 8. The van der Waals surface area contributed by atoms with E-state index in [-0.39, 0.29) is 0 Å². The summed E-state index contributed by atoms with van der Waals surface area (Å²) >= 11 is 1.86. The predicted molar refractivity (Wildman–Crippen MR) is 211 cm³/mol. The van der Waals surface area contributed by atoms with E-state index in [0.29, 0.717) is 0 Å². The Kier molecular flexibility index (Phi) is 6.39. The molecule has 2 heterocycles. The maximum Gasteiger partial charge on any atom is 0.0541 e. The second kappa shape index (κ2) is 11.2. The molecule has 0 aliphatic heterocycles. The molecule has 0 unspecified atom stereocenters. The minimum atomic E-state index is 1.13. The zero-order valence-electron chi connectivity index (χ0n) is 26.6. The molecule has 0 fully saturated rings. The molecule has 0 atom stereocenters. The van der Waals surface area contributed by atoms with Gasteiger partial charge in [-0.05, 0) is 89.3 Å². The van der Waals surface area contributed by atoms with Crippen molar-refractivity contribution >= 4 is 81.1 Å². The molecule has 0 N–H and O–H groups in total. The predicted octanol–water partition coefficient (Wildman–Crippen LogP) is 13.4. The zero-order valence-corrected chi connectivity index (χ0v) is 27.4. The molecule has 0 aliphatic carbocycles. The van der Waals surface area contributed by atoms with Crippen LogP contribution in [0.5, 0.6) is 0 Å². The largest absolute Gasteiger partial charge is 0.310 e. The van der Waals surface area contributed by atoms with Crippen LogP contribution in [0.25, 0.3) is 69.6 Å². The van der Waals surface area contributed by atoms with E-state index in [0.717, 1.165) is 17.1 Å². The second-order valence-electron chi connectivity index (χ2n) is 12.6. The number of para-hydroxylation sites is 2. The minimum absolute atomic E-state index is 1.13. The van der Waals surface area contributed by atoms with Crippen LogP contribution in [0.3, 0.4) is 0 Å². The molecule has 8 aromatic carbocycles. The summed E-state index contributed by atoms with van der Waals surface area (Å²) in [7, 11) is 0. The van der Waals surface area contributed by atoms with Crippen LogP contribution >= 0.6 is 11.3 Å². The lowest BCUT2D eigenvalue weighted by atomic mass is 10.0. The summed E-state index contributed by atoms with van der Waals surface area (Å²) in [6, 6.07) is 66.2. The summed E-state index contributed by atoms with van der Waals surface area (Å²) < 4.78 is 5.05. The van der Waals surface area contributed by atoms with Crippen LogP contribution in [0.2, 0.25) is 0 Å². The molecule has 10 rings (SSSR count). The van der Waals surface area contributed by atoms with Crippen LogP contribution in [0.4, 0.5) is 17.1 Å². The van der Waals surface area contributed by atoms with Crippen molar-refractivity contribution in [2.24, 2.45) is 0 Å². The number of thiophene rings is 1. The quantitative estimate of drug-likeness (QED) is 0.181. The smallest absolute Gasteiger partial charge is 0.0541 e. The molecule has 0 bridgehead atoms. The highest BCUT2D eigenvalue weighted by Gasteiger charge is 2.17. The van der Waals surface area contributed by atoms with Crippen LogP contribution in [0, 0.1) is 0 Å². The van der Waals surface area contributed by atoms with Gasteiger partial charge in [-0.25, -0.2) is 0 Å². The van der Waals surface area contributed by atoms with E-state index in [9.17, 15) is 0 Å². The van der Waals surface area contributed by atoms with Gasteiger partial charge in [0.15, 0.2) is 0 Å². The van der Waals surface area contributed by atoms with Crippen LogP contribution in [0.1, 0.15) is 0 Å². The molecule has 2 aromatic heterocycles. The summed E-state index contributed by atoms with van der Waals surface area (Å²) in [4.78, 5) is 2.38. The molecule has 0 aliphatic rings. The van der Waals surface area contributed by atoms with E-state index in [1.54, 1.807) is 0 Å². The molecule has 0 amide bonds. The topological polar surface area (TPSA) is 8.17 Å². The molecule has 0 radical (unpaired) electrons. The molecule has 49 heavy (non-hydrogen) atoms. The minimum Gasteiger partial charge on any atom is -0.310 e. The molecule has 3 heteroatoms. The summed E-state index contributed by atoms with van der Waals surface area (Å²) in [5.74, 6) is 0. The third-order valence-electron chi connectivity index (χ3n) is 9.75. The van der Waals surface area contributed by atoms with Gasteiger partial charge >= 0.3 is 0 Å². The van der Waals surface area contributed by atoms with Gasteiger partial charge in [-0.1, -0.05) is 109 Å². The summed E-state index contributed by atoms with van der Waals surface area (Å²) in [5.41, 5.74) is 9.41. The molecule has 2 nitrogen and oxygen atoms in total. The van der Waals surface area contributed by atoms with Gasteiger partial charge < -0.3 is 9.47 Å². The van der Waals surface area contributed by atoms with E-state index >= 15 is 0 Å². The summed E-state index contributed by atoms with van der Waals surface area (Å²) in [5, 5.41) is 7.60. The Morgan fingerprint density at radius 3 is 1.94 bits per heavy atom. The third kappa shape index (κ3) is 4.55. The van der Waals surface area contributed by atoms with Gasteiger partial charge in [-0.3, -0.25) is 0 Å². The number of aromatic nitrogens is 1. The Hall–Kier alpha value is -6.16. The molecule has 0 saturated carbocycles. The molecule has 0 spiro atoms. The van der Waals surface area contributed by atoms with Crippen molar-refractivity contribution in [1.82, 2.24) is 4.57 Å². The fourth-order valence-corrected chi connectivity index (χ4v) is 8.60. The number of anilines is 3. The van der Waals surface area contributed by atoms with Gasteiger partial charge in [0.25, 0.3) is 0 Å². The highest BCUT2D eigenvalue weighted by molar-refractivity contribution is 7.25. The first-order chi connectivity index (χ1) is 24.3. The van der Waals surface area contributed by atoms with Crippen molar-refractivity contribution in [3.05, 3.63) is 182 Å². The second-order valence-corrected chi connectivity index (χ2v) is 13.7. The Bertz CT molecular complexity index is 2840. The molecule has 10 aromatic rings. The normalized spacial score (nSPS) is 11.7. The lowest BCUT2D eigenvalue weighted by molar-refractivity contribution is 1.20. The number of rotatable bonds is 5. The molecule has 0 saturated heterocycles.